The molecule has 0 spiro atoms. The van der Waals surface area contributed by atoms with Gasteiger partial charge in [0.25, 0.3) is 0 Å². The summed E-state index contributed by atoms with van der Waals surface area (Å²) < 4.78 is 5.22. The first-order valence-electron chi connectivity index (χ1n) is 6.05. The Morgan fingerprint density at radius 2 is 2.16 bits per heavy atom. The van der Waals surface area contributed by atoms with Gasteiger partial charge >= 0.3 is 5.97 Å². The normalized spacial score (nSPS) is 19.6. The highest BCUT2D eigenvalue weighted by molar-refractivity contribution is 6.36. The molecule has 19 heavy (non-hydrogen) atoms. The van der Waals surface area contributed by atoms with Gasteiger partial charge in [-0.25, -0.2) is 4.79 Å². The Balaban J connectivity index is 2.06. The number of likely N-dealkylation sites (N-methyl/N-ethyl adjacent to an activating group) is 1. The monoisotopic (exact) mass is 303 g/mol. The number of likely N-dealkylation sites (tertiary alicyclic amines) is 1. The molecule has 0 aromatic heterocycles. The minimum atomic E-state index is -0.648. The number of nitrogens with zero attached hydrogens (tertiary/aromatic N) is 1. The highest BCUT2D eigenvalue weighted by Crippen LogP contribution is 2.33. The molecule has 1 aromatic rings. The van der Waals surface area contributed by atoms with E-state index < -0.39 is 5.97 Å². The molecule has 4 nitrogen and oxygen atoms in total. The Bertz CT molecular complexity index is 493. The molecule has 1 aliphatic rings. The standard InChI is InChI=1S/C13H15Cl2NO3/c1-16-6-2-3-8(16)7-19-13(18)11-9(14)4-5-10(15)12(11)17/h4-5,8,17H,2-3,6-7H2,1H3. The molecular weight excluding hydrogens is 289 g/mol. The molecule has 1 N–H and O–H groups in total. The van der Waals surface area contributed by atoms with Gasteiger partial charge in [0.05, 0.1) is 10.0 Å². The first kappa shape index (κ1) is 14.4. The van der Waals surface area contributed by atoms with Crippen LogP contribution in [0.4, 0.5) is 0 Å². The summed E-state index contributed by atoms with van der Waals surface area (Å²) in [6.07, 6.45) is 2.10. The molecule has 1 saturated heterocycles. The van der Waals surface area contributed by atoms with Gasteiger partial charge in [-0.1, -0.05) is 23.2 Å². The van der Waals surface area contributed by atoms with Crippen molar-refractivity contribution < 1.29 is 14.6 Å². The van der Waals surface area contributed by atoms with Crippen LogP contribution < -0.4 is 0 Å². The number of ether oxygens (including phenoxy) is 1. The highest BCUT2D eigenvalue weighted by atomic mass is 35.5. The Labute approximate surface area is 121 Å². The number of carbonyl (C=O) groups is 1. The smallest absolute Gasteiger partial charge is 0.343 e. The molecule has 0 amide bonds. The average molecular weight is 304 g/mol. The number of aromatic hydroxyl groups is 1. The third kappa shape index (κ3) is 3.14. The molecule has 104 valence electrons. The quantitative estimate of drug-likeness (QED) is 0.872. The van der Waals surface area contributed by atoms with Crippen molar-refractivity contribution in [1.29, 1.82) is 0 Å². The van der Waals surface area contributed by atoms with Gasteiger partial charge in [0, 0.05) is 6.04 Å². The summed E-state index contributed by atoms with van der Waals surface area (Å²) in [7, 11) is 2.00. The van der Waals surface area contributed by atoms with E-state index in [0.717, 1.165) is 19.4 Å². The number of hydrogen-bond donors (Lipinski definition) is 1. The Morgan fingerprint density at radius 3 is 2.79 bits per heavy atom. The number of carbonyl (C=O) groups excluding carboxylic acids is 1. The fourth-order valence-corrected chi connectivity index (χ4v) is 2.56. The minimum Gasteiger partial charge on any atom is -0.505 e. The summed E-state index contributed by atoms with van der Waals surface area (Å²) in [5, 5.41) is 9.97. The number of phenols is 1. The van der Waals surface area contributed by atoms with E-state index in [0.29, 0.717) is 0 Å². The lowest BCUT2D eigenvalue weighted by Gasteiger charge is -2.19. The Morgan fingerprint density at radius 1 is 1.47 bits per heavy atom. The van der Waals surface area contributed by atoms with E-state index in [1.165, 1.54) is 12.1 Å². The highest BCUT2D eigenvalue weighted by Gasteiger charge is 2.25. The van der Waals surface area contributed by atoms with Crippen LogP contribution in [0.5, 0.6) is 5.75 Å². The van der Waals surface area contributed by atoms with Crippen molar-refractivity contribution in [2.24, 2.45) is 0 Å². The van der Waals surface area contributed by atoms with E-state index in [4.69, 9.17) is 27.9 Å². The van der Waals surface area contributed by atoms with Crippen molar-refractivity contribution >= 4 is 29.2 Å². The molecule has 0 radical (unpaired) electrons. The van der Waals surface area contributed by atoms with Gasteiger partial charge in [0.2, 0.25) is 0 Å². The number of hydrogen-bond acceptors (Lipinski definition) is 4. The zero-order chi connectivity index (χ0) is 14.0. The summed E-state index contributed by atoms with van der Waals surface area (Å²) in [5.74, 6) is -0.982. The summed E-state index contributed by atoms with van der Waals surface area (Å²) in [4.78, 5) is 14.1. The van der Waals surface area contributed by atoms with Gasteiger partial charge in [0.15, 0.2) is 0 Å². The fraction of sp³-hybridized carbons (Fsp3) is 0.462. The van der Waals surface area contributed by atoms with Gasteiger partial charge in [0.1, 0.15) is 17.9 Å². The van der Waals surface area contributed by atoms with E-state index in [2.05, 4.69) is 4.90 Å². The molecular formula is C13H15Cl2NO3. The van der Waals surface area contributed by atoms with Crippen LogP contribution in [0.3, 0.4) is 0 Å². The van der Waals surface area contributed by atoms with Crippen LogP contribution in [-0.4, -0.2) is 42.2 Å². The van der Waals surface area contributed by atoms with Crippen LogP contribution >= 0.6 is 23.2 Å². The van der Waals surface area contributed by atoms with E-state index in [1.807, 2.05) is 7.05 Å². The number of esters is 1. The van der Waals surface area contributed by atoms with Crippen molar-refractivity contribution in [2.45, 2.75) is 18.9 Å². The maximum atomic E-state index is 12.0. The predicted molar refractivity (Wildman–Crippen MR) is 74.1 cm³/mol. The number of benzene rings is 1. The molecule has 0 bridgehead atoms. The lowest BCUT2D eigenvalue weighted by molar-refractivity contribution is 0.0413. The summed E-state index contributed by atoms with van der Waals surface area (Å²) in [5.41, 5.74) is -0.0742. The number of rotatable bonds is 3. The third-order valence-corrected chi connectivity index (χ3v) is 3.98. The maximum Gasteiger partial charge on any atom is 0.343 e. The predicted octanol–water partition coefficient (Wildman–Crippen LogP) is 2.95. The van der Waals surface area contributed by atoms with Crippen LogP contribution in [-0.2, 0) is 4.74 Å². The van der Waals surface area contributed by atoms with Crippen molar-refractivity contribution in [3.05, 3.63) is 27.7 Å². The Kier molecular flexibility index (Phi) is 4.55. The minimum absolute atomic E-state index is 0.0742. The molecule has 1 atom stereocenters. The van der Waals surface area contributed by atoms with E-state index in [1.54, 1.807) is 0 Å². The van der Waals surface area contributed by atoms with Gasteiger partial charge < -0.3 is 14.7 Å². The van der Waals surface area contributed by atoms with E-state index >= 15 is 0 Å². The van der Waals surface area contributed by atoms with Crippen LogP contribution in [0.25, 0.3) is 0 Å². The van der Waals surface area contributed by atoms with Crippen molar-refractivity contribution in [2.75, 3.05) is 20.2 Å². The average Bonchev–Trinajstić information content (AvgIpc) is 2.77. The van der Waals surface area contributed by atoms with Crippen LogP contribution in [0, 0.1) is 0 Å². The zero-order valence-corrected chi connectivity index (χ0v) is 12.0. The van der Waals surface area contributed by atoms with Crippen molar-refractivity contribution in [3.8, 4) is 5.75 Å². The zero-order valence-electron chi connectivity index (χ0n) is 10.5. The van der Waals surface area contributed by atoms with Gasteiger partial charge in [-0.3, -0.25) is 0 Å². The molecule has 0 aliphatic carbocycles. The second-order valence-electron chi connectivity index (χ2n) is 4.63. The number of phenolic OH excluding ortho intramolecular Hbond substituents is 1. The lowest BCUT2D eigenvalue weighted by atomic mass is 10.2. The summed E-state index contributed by atoms with van der Waals surface area (Å²) in [6.45, 7) is 1.29. The molecule has 1 aromatic carbocycles. The molecule has 1 fully saturated rings. The SMILES string of the molecule is CN1CCCC1COC(=O)c1c(Cl)ccc(Cl)c1O. The maximum absolute atomic E-state index is 12.0. The second-order valence-corrected chi connectivity index (χ2v) is 5.44. The molecule has 6 heteroatoms. The molecule has 0 saturated carbocycles. The first-order valence-corrected chi connectivity index (χ1v) is 6.80. The third-order valence-electron chi connectivity index (χ3n) is 3.36. The molecule has 1 unspecified atom stereocenters. The summed E-state index contributed by atoms with van der Waals surface area (Å²) >= 11 is 11.6. The van der Waals surface area contributed by atoms with Crippen molar-refractivity contribution in [3.63, 3.8) is 0 Å². The topological polar surface area (TPSA) is 49.8 Å². The van der Waals surface area contributed by atoms with Crippen LogP contribution in [0.15, 0.2) is 12.1 Å². The van der Waals surface area contributed by atoms with Crippen LogP contribution in [0.2, 0.25) is 10.0 Å². The summed E-state index contributed by atoms with van der Waals surface area (Å²) in [6, 6.07) is 3.12. The van der Waals surface area contributed by atoms with Gasteiger partial charge in [-0.15, -0.1) is 0 Å². The van der Waals surface area contributed by atoms with Gasteiger partial charge in [-0.2, -0.15) is 0 Å². The van der Waals surface area contributed by atoms with E-state index in [9.17, 15) is 9.90 Å². The Hall–Kier alpha value is -0.970. The molecule has 2 rings (SSSR count). The van der Waals surface area contributed by atoms with Crippen LogP contribution in [0.1, 0.15) is 23.2 Å². The molecule has 1 heterocycles. The largest absolute Gasteiger partial charge is 0.505 e. The first-order chi connectivity index (χ1) is 9.00. The fourth-order valence-electron chi connectivity index (χ4n) is 2.17. The lowest BCUT2D eigenvalue weighted by Crippen LogP contribution is -2.30. The number of halogens is 2. The molecule has 1 aliphatic heterocycles. The second kappa shape index (κ2) is 5.99. The van der Waals surface area contributed by atoms with E-state index in [-0.39, 0.29) is 34.0 Å². The van der Waals surface area contributed by atoms with Gasteiger partial charge in [-0.05, 0) is 38.6 Å². The van der Waals surface area contributed by atoms with Crippen molar-refractivity contribution in [1.82, 2.24) is 4.90 Å².